The molecule has 1 nitrogen and oxygen atoms in total. The Balaban J connectivity index is 2.79. The Morgan fingerprint density at radius 2 is 2.00 bits per heavy atom. The molecule has 0 spiro atoms. The maximum Gasteiger partial charge on any atom is 0.196 e. The summed E-state index contributed by atoms with van der Waals surface area (Å²) in [5.41, 5.74) is 2.40. The van der Waals surface area contributed by atoms with Crippen molar-refractivity contribution in [1.29, 1.82) is 0 Å². The summed E-state index contributed by atoms with van der Waals surface area (Å²) in [4.78, 5) is 10.8. The van der Waals surface area contributed by atoms with Crippen LogP contribution in [0.4, 0.5) is 0 Å². The summed E-state index contributed by atoms with van der Waals surface area (Å²) in [5.74, 6) is 0. The van der Waals surface area contributed by atoms with E-state index in [1.165, 1.54) is 5.56 Å². The fraction of sp³-hybridized carbons (Fsp3) is 0.222. The molecule has 0 unspecified atom stereocenters. The summed E-state index contributed by atoms with van der Waals surface area (Å²) in [6, 6.07) is 8.16. The zero-order chi connectivity index (χ0) is 8.97. The van der Waals surface area contributed by atoms with Gasteiger partial charge in [0.2, 0.25) is 0 Å². The largest absolute Gasteiger partial charge is 0.287 e. The molecule has 64 valence electrons. The van der Waals surface area contributed by atoms with Crippen LogP contribution in [0.15, 0.2) is 24.3 Å². The van der Waals surface area contributed by atoms with Crippen LogP contribution in [0.2, 0.25) is 0 Å². The fourth-order valence-corrected chi connectivity index (χ4v) is 1.90. The van der Waals surface area contributed by atoms with Crippen molar-refractivity contribution in [2.45, 2.75) is 10.8 Å². The smallest absolute Gasteiger partial charge is 0.196 e. The average Bonchev–Trinajstić information content (AvgIpc) is 2.03. The van der Waals surface area contributed by atoms with Gasteiger partial charge in [-0.2, -0.15) is 0 Å². The standard InChI is InChI=1S/C9H8I2O/c10-6-8-3-1-2-7(4-8)5-9(11)12/h1-4H,5-6H2. The van der Waals surface area contributed by atoms with Crippen LogP contribution in [-0.2, 0) is 15.6 Å². The second-order valence-corrected chi connectivity index (χ2v) is 4.45. The Bertz CT molecular complexity index is 284. The highest BCUT2D eigenvalue weighted by molar-refractivity contribution is 14.1. The Labute approximate surface area is 99.2 Å². The van der Waals surface area contributed by atoms with Crippen molar-refractivity contribution >= 4 is 49.0 Å². The summed E-state index contributed by atoms with van der Waals surface area (Å²) in [5, 5.41) is 0. The van der Waals surface area contributed by atoms with E-state index in [0.717, 1.165) is 9.99 Å². The van der Waals surface area contributed by atoms with Crippen molar-refractivity contribution in [2.75, 3.05) is 0 Å². The topological polar surface area (TPSA) is 17.1 Å². The molecule has 0 aromatic heterocycles. The molecule has 1 aromatic carbocycles. The molecule has 0 bridgehead atoms. The molecule has 0 aliphatic carbocycles. The number of benzene rings is 1. The first-order chi connectivity index (χ1) is 5.72. The van der Waals surface area contributed by atoms with Crippen LogP contribution in [0.25, 0.3) is 0 Å². The van der Waals surface area contributed by atoms with Crippen molar-refractivity contribution in [3.63, 3.8) is 0 Å². The Kier molecular flexibility index (Phi) is 4.49. The minimum absolute atomic E-state index is 0.193. The molecule has 0 heterocycles. The van der Waals surface area contributed by atoms with Gasteiger partial charge in [0.1, 0.15) is 0 Å². The quantitative estimate of drug-likeness (QED) is 0.444. The second-order valence-electron chi connectivity index (χ2n) is 2.49. The van der Waals surface area contributed by atoms with E-state index in [4.69, 9.17) is 0 Å². The number of hydrogen-bond donors (Lipinski definition) is 0. The van der Waals surface area contributed by atoms with Gasteiger partial charge in [0.15, 0.2) is 3.79 Å². The Morgan fingerprint density at radius 1 is 1.33 bits per heavy atom. The average molecular weight is 386 g/mol. The minimum atomic E-state index is 0.193. The van der Waals surface area contributed by atoms with Crippen LogP contribution in [0.1, 0.15) is 11.1 Å². The van der Waals surface area contributed by atoms with Gasteiger partial charge in [0.05, 0.1) is 0 Å². The highest BCUT2D eigenvalue weighted by Gasteiger charge is 1.98. The number of halogens is 2. The molecule has 0 saturated heterocycles. The molecule has 0 amide bonds. The molecule has 3 heteroatoms. The molecule has 0 saturated carbocycles. The van der Waals surface area contributed by atoms with E-state index in [0.29, 0.717) is 6.42 Å². The van der Waals surface area contributed by atoms with E-state index in [1.54, 1.807) is 0 Å². The minimum Gasteiger partial charge on any atom is -0.287 e. The van der Waals surface area contributed by atoms with Crippen molar-refractivity contribution < 1.29 is 4.79 Å². The molecule has 0 N–H and O–H groups in total. The normalized spacial score (nSPS) is 9.83. The van der Waals surface area contributed by atoms with Gasteiger partial charge >= 0.3 is 0 Å². The van der Waals surface area contributed by atoms with Crippen molar-refractivity contribution in [1.82, 2.24) is 0 Å². The van der Waals surface area contributed by atoms with E-state index < -0.39 is 0 Å². The first kappa shape index (κ1) is 10.4. The monoisotopic (exact) mass is 386 g/mol. The fourth-order valence-electron chi connectivity index (χ4n) is 0.983. The number of carbonyl (C=O) groups is 1. The SMILES string of the molecule is O=C(I)Cc1cccc(CI)c1. The Hall–Kier alpha value is 0.350. The molecule has 1 rings (SSSR count). The summed E-state index contributed by atoms with van der Waals surface area (Å²) >= 11 is 4.15. The molecule has 0 aliphatic rings. The van der Waals surface area contributed by atoms with Gasteiger partial charge in [-0.15, -0.1) is 0 Å². The molecule has 12 heavy (non-hydrogen) atoms. The van der Waals surface area contributed by atoms with Crippen molar-refractivity contribution in [3.05, 3.63) is 35.4 Å². The van der Waals surface area contributed by atoms with E-state index in [9.17, 15) is 4.79 Å². The summed E-state index contributed by atoms with van der Waals surface area (Å²) in [7, 11) is 0. The van der Waals surface area contributed by atoms with E-state index >= 15 is 0 Å². The van der Waals surface area contributed by atoms with Gasteiger partial charge < -0.3 is 0 Å². The van der Waals surface area contributed by atoms with Crippen LogP contribution < -0.4 is 0 Å². The molecule has 0 atom stereocenters. The molecule has 0 radical (unpaired) electrons. The first-order valence-electron chi connectivity index (χ1n) is 3.54. The van der Waals surface area contributed by atoms with Gasteiger partial charge in [-0.25, -0.2) is 0 Å². The maximum atomic E-state index is 10.8. The summed E-state index contributed by atoms with van der Waals surface area (Å²) in [6.45, 7) is 0. The lowest BCUT2D eigenvalue weighted by atomic mass is 10.1. The number of carbonyl (C=O) groups excluding carboxylic acids is 1. The summed E-state index contributed by atoms with van der Waals surface area (Å²) < 4.78 is 1.19. The van der Waals surface area contributed by atoms with Gasteiger partial charge in [-0.1, -0.05) is 46.9 Å². The number of alkyl halides is 1. The van der Waals surface area contributed by atoms with Crippen LogP contribution in [0.3, 0.4) is 0 Å². The van der Waals surface area contributed by atoms with Crippen molar-refractivity contribution in [3.8, 4) is 0 Å². The third kappa shape index (κ3) is 3.38. The lowest BCUT2D eigenvalue weighted by molar-refractivity contribution is -0.108. The zero-order valence-electron chi connectivity index (χ0n) is 6.39. The van der Waals surface area contributed by atoms with Crippen LogP contribution in [0.5, 0.6) is 0 Å². The third-order valence-electron chi connectivity index (χ3n) is 1.49. The lowest BCUT2D eigenvalue weighted by Crippen LogP contribution is -1.92. The van der Waals surface area contributed by atoms with Crippen LogP contribution in [0, 0.1) is 0 Å². The highest BCUT2D eigenvalue weighted by atomic mass is 127. The first-order valence-corrected chi connectivity index (χ1v) is 6.15. The maximum absolute atomic E-state index is 10.8. The van der Waals surface area contributed by atoms with Crippen molar-refractivity contribution in [2.24, 2.45) is 0 Å². The number of hydrogen-bond acceptors (Lipinski definition) is 1. The zero-order valence-corrected chi connectivity index (χ0v) is 10.7. The summed E-state index contributed by atoms with van der Waals surface area (Å²) in [6.07, 6.45) is 0.547. The predicted octanol–water partition coefficient (Wildman–Crippen LogP) is 3.13. The van der Waals surface area contributed by atoms with Gasteiger partial charge in [-0.05, 0) is 33.7 Å². The molecule has 1 aromatic rings. The molecule has 0 fully saturated rings. The van der Waals surface area contributed by atoms with Gasteiger partial charge in [0, 0.05) is 10.8 Å². The predicted molar refractivity (Wildman–Crippen MR) is 66.9 cm³/mol. The molecular weight excluding hydrogens is 378 g/mol. The van der Waals surface area contributed by atoms with E-state index in [-0.39, 0.29) is 3.79 Å². The number of rotatable bonds is 3. The van der Waals surface area contributed by atoms with Crippen LogP contribution >= 0.6 is 45.2 Å². The molecule has 0 aliphatic heterocycles. The van der Waals surface area contributed by atoms with Crippen LogP contribution in [-0.4, -0.2) is 3.79 Å². The van der Waals surface area contributed by atoms with E-state index in [1.807, 2.05) is 34.7 Å². The third-order valence-corrected chi connectivity index (χ3v) is 2.75. The highest BCUT2D eigenvalue weighted by Crippen LogP contribution is 2.10. The second kappa shape index (κ2) is 5.16. The lowest BCUT2D eigenvalue weighted by Gasteiger charge is -1.99. The van der Waals surface area contributed by atoms with Gasteiger partial charge in [0.25, 0.3) is 0 Å². The van der Waals surface area contributed by atoms with Gasteiger partial charge in [-0.3, -0.25) is 4.79 Å². The molecular formula is C9H8I2O. The van der Waals surface area contributed by atoms with E-state index in [2.05, 4.69) is 34.7 Å². The Morgan fingerprint density at radius 3 is 2.58 bits per heavy atom.